The van der Waals surface area contributed by atoms with E-state index < -0.39 is 5.97 Å². The molecule has 3 aliphatic rings. The summed E-state index contributed by atoms with van der Waals surface area (Å²) in [5.41, 5.74) is 6.02. The number of hydrogen-bond donors (Lipinski definition) is 2. The van der Waals surface area contributed by atoms with Crippen LogP contribution >= 0.6 is 24.8 Å². The number of benzene rings is 2. The Morgan fingerprint density at radius 2 is 1.05 bits per heavy atom. The quantitative estimate of drug-likeness (QED) is 0.112. The van der Waals surface area contributed by atoms with Gasteiger partial charge in [-0.3, -0.25) is 4.79 Å². The van der Waals surface area contributed by atoms with Crippen molar-refractivity contribution in [1.29, 1.82) is 0 Å². The number of halogens is 2. The Bertz CT molecular complexity index is 1980. The van der Waals surface area contributed by atoms with Gasteiger partial charge in [-0.2, -0.15) is 10.2 Å². The van der Waals surface area contributed by atoms with Gasteiger partial charge in [-0.05, 0) is 164 Å². The fourth-order valence-electron chi connectivity index (χ4n) is 8.78. The summed E-state index contributed by atoms with van der Waals surface area (Å²) in [5.74, 6) is 0.615. The van der Waals surface area contributed by atoms with Crippen LogP contribution in [0.1, 0.15) is 162 Å². The van der Waals surface area contributed by atoms with E-state index in [1.165, 1.54) is 38.5 Å². The molecular formula is C50H70Cl2N6O5. The van der Waals surface area contributed by atoms with Gasteiger partial charge in [0.25, 0.3) is 5.91 Å². The number of ether oxygens (including phenoxy) is 2. The van der Waals surface area contributed by atoms with E-state index in [0.717, 1.165) is 135 Å². The van der Waals surface area contributed by atoms with Crippen LogP contribution in [-0.4, -0.2) is 80.7 Å². The highest BCUT2D eigenvalue weighted by molar-refractivity contribution is 5.93. The Hall–Kier alpha value is -4.32. The van der Waals surface area contributed by atoms with E-state index >= 15 is 0 Å². The summed E-state index contributed by atoms with van der Waals surface area (Å²) >= 11 is 0. The lowest BCUT2D eigenvalue weighted by Crippen LogP contribution is -2.42. The molecule has 3 fully saturated rings. The van der Waals surface area contributed by atoms with E-state index in [0.29, 0.717) is 23.9 Å². The number of nitrogens with one attached hydrogen (secondary N) is 1. The van der Waals surface area contributed by atoms with Crippen LogP contribution < -0.4 is 14.8 Å². The first-order valence-corrected chi connectivity index (χ1v) is 23.2. The van der Waals surface area contributed by atoms with Crippen molar-refractivity contribution >= 4 is 36.7 Å². The van der Waals surface area contributed by atoms with E-state index in [1.54, 1.807) is 6.07 Å². The van der Waals surface area contributed by atoms with Crippen LogP contribution in [0.15, 0.2) is 60.7 Å². The number of nitrogens with zero attached hydrogens (tertiary/aromatic N) is 5. The van der Waals surface area contributed by atoms with Crippen LogP contribution in [0, 0.1) is 0 Å². The molecule has 3 aliphatic carbocycles. The maximum atomic E-state index is 13.1. The molecule has 1 amide bonds. The van der Waals surface area contributed by atoms with Gasteiger partial charge in [-0.15, -0.1) is 35.0 Å². The zero-order valence-electron chi connectivity index (χ0n) is 37.9. The molecule has 0 radical (unpaired) electrons. The van der Waals surface area contributed by atoms with Crippen molar-refractivity contribution in [3.8, 4) is 33.8 Å². The molecule has 3 saturated carbocycles. The van der Waals surface area contributed by atoms with Gasteiger partial charge >= 0.3 is 5.97 Å². The normalized spacial score (nSPS) is 17.9. The number of carbonyl (C=O) groups is 2. The minimum Gasteiger partial charge on any atom is -0.490 e. The van der Waals surface area contributed by atoms with Crippen molar-refractivity contribution in [2.24, 2.45) is 0 Å². The molecule has 0 spiro atoms. The molecule has 13 heteroatoms. The van der Waals surface area contributed by atoms with Gasteiger partial charge in [-0.1, -0.05) is 63.8 Å². The lowest BCUT2D eigenvalue weighted by atomic mass is 9.90. The molecule has 0 bridgehead atoms. The Labute approximate surface area is 387 Å². The number of aromatic carboxylic acids is 1. The number of rotatable bonds is 16. The first kappa shape index (κ1) is 51.3. The lowest BCUT2D eigenvalue weighted by molar-refractivity contribution is 0.0688. The Morgan fingerprint density at radius 1 is 0.619 bits per heavy atom. The number of carboxylic acids is 1. The van der Waals surface area contributed by atoms with Crippen molar-refractivity contribution in [3.63, 3.8) is 0 Å². The first-order chi connectivity index (χ1) is 29.7. The number of hydrogen-bond acceptors (Lipinski definition) is 9. The fraction of sp³-hybridized carbons (Fsp3) is 0.560. The summed E-state index contributed by atoms with van der Waals surface area (Å²) < 4.78 is 12.3. The molecule has 344 valence electrons. The van der Waals surface area contributed by atoms with Gasteiger partial charge in [0.1, 0.15) is 11.5 Å². The molecule has 2 N–H and O–H groups in total. The van der Waals surface area contributed by atoms with Gasteiger partial charge in [0.2, 0.25) is 0 Å². The van der Waals surface area contributed by atoms with Gasteiger partial charge in [0, 0.05) is 23.2 Å². The number of amides is 1. The first-order valence-electron chi connectivity index (χ1n) is 23.2. The number of unbranched alkanes of at least 4 members (excludes halogenated alkanes) is 2. The number of aromatic nitrogens is 4. The zero-order valence-corrected chi connectivity index (χ0v) is 39.5. The summed E-state index contributed by atoms with van der Waals surface area (Å²) in [6.07, 6.45) is 22.9. The second kappa shape index (κ2) is 26.5. The molecule has 0 atom stereocenters. The summed E-state index contributed by atoms with van der Waals surface area (Å²) in [7, 11) is 4.27. The van der Waals surface area contributed by atoms with Crippen molar-refractivity contribution in [3.05, 3.63) is 83.4 Å². The molecule has 0 unspecified atom stereocenters. The highest BCUT2D eigenvalue weighted by Gasteiger charge is 2.25. The van der Waals surface area contributed by atoms with Crippen molar-refractivity contribution in [2.75, 3.05) is 14.1 Å². The number of carbonyl (C=O) groups excluding carboxylic acids is 1. The molecule has 7 rings (SSSR count). The van der Waals surface area contributed by atoms with Crippen LogP contribution in [0.2, 0.25) is 0 Å². The molecule has 2 aromatic heterocycles. The molecule has 63 heavy (non-hydrogen) atoms. The second-order valence-electron chi connectivity index (χ2n) is 17.4. The largest absolute Gasteiger partial charge is 0.490 e. The number of carboxylic acid groups (broad SMARTS) is 1. The van der Waals surface area contributed by atoms with Crippen molar-refractivity contribution in [1.82, 2.24) is 30.6 Å². The van der Waals surface area contributed by atoms with Crippen LogP contribution in [0.4, 0.5) is 0 Å². The summed E-state index contributed by atoms with van der Waals surface area (Å²) in [6, 6.07) is 20.6. The maximum Gasteiger partial charge on any atom is 0.356 e. The predicted octanol–water partition coefficient (Wildman–Crippen LogP) is 11.5. The van der Waals surface area contributed by atoms with E-state index in [1.807, 2.05) is 30.3 Å². The Kier molecular flexibility index (Phi) is 21.6. The van der Waals surface area contributed by atoms with Crippen LogP contribution in [0.5, 0.6) is 11.5 Å². The predicted molar refractivity (Wildman–Crippen MR) is 256 cm³/mol. The van der Waals surface area contributed by atoms with E-state index in [2.05, 4.69) is 82.8 Å². The zero-order chi connectivity index (χ0) is 43.0. The summed E-state index contributed by atoms with van der Waals surface area (Å²) in [6.45, 7) is 4.30. The van der Waals surface area contributed by atoms with E-state index in [-0.39, 0.29) is 42.5 Å². The van der Waals surface area contributed by atoms with Crippen molar-refractivity contribution in [2.45, 2.75) is 167 Å². The molecule has 2 heterocycles. The van der Waals surface area contributed by atoms with E-state index in [9.17, 15) is 14.7 Å². The molecule has 11 nitrogen and oxygen atoms in total. The second-order valence-corrected chi connectivity index (χ2v) is 17.4. The third kappa shape index (κ3) is 15.4. The third-order valence-corrected chi connectivity index (χ3v) is 12.5. The summed E-state index contributed by atoms with van der Waals surface area (Å²) in [5, 5.41) is 29.3. The fourth-order valence-corrected chi connectivity index (χ4v) is 8.78. The van der Waals surface area contributed by atoms with Crippen LogP contribution in [-0.2, 0) is 12.8 Å². The van der Waals surface area contributed by atoms with E-state index in [4.69, 9.17) is 9.47 Å². The lowest BCUT2D eigenvalue weighted by Gasteiger charge is -2.32. The average Bonchev–Trinajstić information content (AvgIpc) is 3.29. The average molecular weight is 906 g/mol. The minimum atomic E-state index is -1.06. The Morgan fingerprint density at radius 3 is 1.46 bits per heavy atom. The Balaban J connectivity index is 0.000000279. The van der Waals surface area contributed by atoms with Gasteiger partial charge in [0.15, 0.2) is 11.4 Å². The molecule has 0 saturated heterocycles. The standard InChI is InChI=1S/C29H42N4O2.C21H26N2O3.2ClH/c1-4-5-11-27-26(21-12-18-25(19-13-21)35-24-9-7-6-8-10-24)20-28(32-31-27)29(34)30-22-14-16-23(17-15-22)33(2)3;1-2-3-9-19-18(14-20(21(24)25)23-22-19)15-10-12-17(13-11-15)26-16-7-5-4-6-8-16;;/h12-13,18-20,22-24H,4-11,14-17H2,1-3H3,(H,30,34);10-14,16H,2-9H2,1H3,(H,24,25);2*1H. The molecule has 0 aliphatic heterocycles. The monoisotopic (exact) mass is 904 g/mol. The van der Waals surface area contributed by atoms with Crippen molar-refractivity contribution < 1.29 is 24.2 Å². The highest BCUT2D eigenvalue weighted by Crippen LogP contribution is 2.31. The summed E-state index contributed by atoms with van der Waals surface area (Å²) in [4.78, 5) is 26.6. The topological polar surface area (TPSA) is 140 Å². The number of aryl methyl sites for hydroxylation is 2. The molecule has 4 aromatic rings. The third-order valence-electron chi connectivity index (χ3n) is 12.5. The SMILES string of the molecule is CCCCc1nnc(C(=O)NC2CCC(N(C)C)CC2)cc1-c1ccc(OC2CCCCC2)cc1.CCCCc1nnc(C(=O)O)cc1-c1ccc(OC2CCCCC2)cc1.Cl.Cl. The smallest absolute Gasteiger partial charge is 0.356 e. The van der Waals surface area contributed by atoms with Crippen LogP contribution in [0.3, 0.4) is 0 Å². The molecule has 2 aromatic carbocycles. The van der Waals surface area contributed by atoms with Gasteiger partial charge in [-0.25, -0.2) is 4.79 Å². The maximum absolute atomic E-state index is 13.1. The van der Waals surface area contributed by atoms with Gasteiger partial charge in [0.05, 0.1) is 23.6 Å². The van der Waals surface area contributed by atoms with Crippen LogP contribution in [0.25, 0.3) is 22.3 Å². The highest BCUT2D eigenvalue weighted by atomic mass is 35.5. The van der Waals surface area contributed by atoms with Gasteiger partial charge < -0.3 is 24.8 Å². The minimum absolute atomic E-state index is 0. The molecular weight excluding hydrogens is 835 g/mol.